The van der Waals surface area contributed by atoms with Crippen molar-refractivity contribution in [3.8, 4) is 0 Å². The van der Waals surface area contributed by atoms with Gasteiger partial charge >= 0.3 is 0 Å². The van der Waals surface area contributed by atoms with Crippen LogP contribution in [-0.2, 0) is 0 Å². The lowest BCUT2D eigenvalue weighted by molar-refractivity contribution is 0.348. The number of fused-ring (bicyclic) bond motifs is 1. The first-order valence-corrected chi connectivity index (χ1v) is 5.45. The van der Waals surface area contributed by atoms with Crippen LogP contribution in [0.2, 0.25) is 0 Å². The molecule has 1 aliphatic carbocycles. The summed E-state index contributed by atoms with van der Waals surface area (Å²) in [6.45, 7) is 0. The summed E-state index contributed by atoms with van der Waals surface area (Å²) in [5.41, 5.74) is 8.47. The van der Waals surface area contributed by atoms with Gasteiger partial charge in [-0.2, -0.15) is 0 Å². The van der Waals surface area contributed by atoms with E-state index in [1.165, 1.54) is 17.4 Å². The van der Waals surface area contributed by atoms with Crippen molar-refractivity contribution in [1.82, 2.24) is 4.98 Å². The van der Waals surface area contributed by atoms with Crippen LogP contribution in [0.5, 0.6) is 0 Å². The third kappa shape index (κ3) is 1.33. The average Bonchev–Trinajstić information content (AvgIpc) is 2.28. The number of benzene rings is 1. The highest BCUT2D eigenvalue weighted by molar-refractivity contribution is 5.82. The lowest BCUT2D eigenvalue weighted by atomic mass is 9.75. The molecule has 0 bridgehead atoms. The van der Waals surface area contributed by atoms with E-state index >= 15 is 0 Å². The first-order chi connectivity index (χ1) is 7.36. The van der Waals surface area contributed by atoms with E-state index in [0.29, 0.717) is 12.0 Å². The second kappa shape index (κ2) is 3.31. The zero-order chi connectivity index (χ0) is 10.3. The molecule has 1 fully saturated rings. The van der Waals surface area contributed by atoms with E-state index in [-0.39, 0.29) is 0 Å². The maximum atomic E-state index is 6.02. The molecule has 0 aliphatic heterocycles. The molecule has 2 heteroatoms. The summed E-state index contributed by atoms with van der Waals surface area (Å²) in [6.07, 6.45) is 4.21. The van der Waals surface area contributed by atoms with Crippen LogP contribution in [0, 0.1) is 0 Å². The van der Waals surface area contributed by atoms with Crippen LogP contribution >= 0.6 is 0 Å². The van der Waals surface area contributed by atoms with E-state index in [0.717, 1.165) is 11.9 Å². The number of rotatable bonds is 1. The van der Waals surface area contributed by atoms with Gasteiger partial charge in [-0.05, 0) is 24.5 Å². The molecule has 2 nitrogen and oxygen atoms in total. The summed E-state index contributed by atoms with van der Waals surface area (Å²) < 4.78 is 0. The molecule has 0 radical (unpaired) electrons. The topological polar surface area (TPSA) is 38.9 Å². The van der Waals surface area contributed by atoms with Gasteiger partial charge < -0.3 is 5.73 Å². The highest BCUT2D eigenvalue weighted by Crippen LogP contribution is 2.38. The maximum absolute atomic E-state index is 6.02. The molecule has 1 aromatic heterocycles. The lowest BCUT2D eigenvalue weighted by Gasteiger charge is -2.34. The Hall–Kier alpha value is -1.41. The molecule has 1 aliphatic rings. The fraction of sp³-hybridized carbons (Fsp3) is 0.308. The highest BCUT2D eigenvalue weighted by Gasteiger charge is 2.30. The van der Waals surface area contributed by atoms with Crippen LogP contribution in [0.25, 0.3) is 10.9 Å². The second-order valence-corrected chi connectivity index (χ2v) is 4.27. The molecule has 2 aromatic rings. The molecule has 1 saturated carbocycles. The molecule has 1 aromatic carbocycles. The molecule has 2 unspecified atom stereocenters. The summed E-state index contributed by atoms with van der Waals surface area (Å²) in [4.78, 5) is 4.46. The van der Waals surface area contributed by atoms with E-state index in [4.69, 9.17) is 5.73 Å². The molecule has 2 atom stereocenters. The van der Waals surface area contributed by atoms with Crippen LogP contribution in [0.1, 0.15) is 24.3 Å². The van der Waals surface area contributed by atoms with Crippen LogP contribution in [0.3, 0.4) is 0 Å². The Morgan fingerprint density at radius 3 is 2.73 bits per heavy atom. The summed E-state index contributed by atoms with van der Waals surface area (Å²) >= 11 is 0. The normalized spacial score (nSPS) is 25.1. The average molecular weight is 198 g/mol. The molecule has 2 N–H and O–H groups in total. The monoisotopic (exact) mass is 198 g/mol. The standard InChI is InChI=1S/C13H14N2/c14-12-7-6-10(12)11-5-1-3-9-4-2-8-15-13(9)11/h1-5,8,10,12H,6-7,14H2. The fourth-order valence-corrected chi connectivity index (χ4v) is 2.34. The summed E-state index contributed by atoms with van der Waals surface area (Å²) in [7, 11) is 0. The Balaban J connectivity index is 2.17. The van der Waals surface area contributed by atoms with Gasteiger partial charge in [0.05, 0.1) is 5.52 Å². The van der Waals surface area contributed by atoms with Gasteiger partial charge in [0.1, 0.15) is 0 Å². The third-order valence-corrected chi connectivity index (χ3v) is 3.39. The van der Waals surface area contributed by atoms with Crippen molar-refractivity contribution in [2.75, 3.05) is 0 Å². The number of nitrogens with zero attached hydrogens (tertiary/aromatic N) is 1. The molecular formula is C13H14N2. The largest absolute Gasteiger partial charge is 0.327 e. The van der Waals surface area contributed by atoms with E-state index in [9.17, 15) is 0 Å². The van der Waals surface area contributed by atoms with Gasteiger partial charge in [0.2, 0.25) is 0 Å². The van der Waals surface area contributed by atoms with Crippen molar-refractivity contribution < 1.29 is 0 Å². The van der Waals surface area contributed by atoms with Crippen molar-refractivity contribution in [3.05, 3.63) is 42.1 Å². The van der Waals surface area contributed by atoms with Crippen molar-refractivity contribution >= 4 is 10.9 Å². The predicted octanol–water partition coefficient (Wildman–Crippen LogP) is 2.44. The zero-order valence-corrected chi connectivity index (χ0v) is 8.56. The smallest absolute Gasteiger partial charge is 0.0737 e. The Bertz CT molecular complexity index is 487. The molecular weight excluding hydrogens is 184 g/mol. The number of aromatic nitrogens is 1. The SMILES string of the molecule is NC1CCC1c1cccc2cccnc12. The fourth-order valence-electron chi connectivity index (χ4n) is 2.34. The summed E-state index contributed by atoms with van der Waals surface area (Å²) in [5, 5.41) is 1.22. The van der Waals surface area contributed by atoms with E-state index in [1.807, 2.05) is 12.3 Å². The van der Waals surface area contributed by atoms with E-state index in [1.54, 1.807) is 0 Å². The number of para-hydroxylation sites is 1. The Morgan fingerprint density at radius 1 is 1.13 bits per heavy atom. The van der Waals surface area contributed by atoms with Gasteiger partial charge in [0, 0.05) is 23.5 Å². The van der Waals surface area contributed by atoms with Crippen LogP contribution in [-0.4, -0.2) is 11.0 Å². The first kappa shape index (κ1) is 8.86. The number of hydrogen-bond donors (Lipinski definition) is 1. The predicted molar refractivity (Wildman–Crippen MR) is 61.7 cm³/mol. The number of nitrogens with two attached hydrogens (primary N) is 1. The molecule has 76 valence electrons. The van der Waals surface area contributed by atoms with E-state index in [2.05, 4.69) is 29.2 Å². The number of pyridine rings is 1. The second-order valence-electron chi connectivity index (χ2n) is 4.27. The van der Waals surface area contributed by atoms with Crippen molar-refractivity contribution in [2.45, 2.75) is 24.8 Å². The highest BCUT2D eigenvalue weighted by atomic mass is 14.7. The zero-order valence-electron chi connectivity index (χ0n) is 8.56. The van der Waals surface area contributed by atoms with Crippen molar-refractivity contribution in [3.63, 3.8) is 0 Å². The third-order valence-electron chi connectivity index (χ3n) is 3.39. The quantitative estimate of drug-likeness (QED) is 0.764. The van der Waals surface area contributed by atoms with Gasteiger partial charge in [-0.25, -0.2) is 0 Å². The van der Waals surface area contributed by atoms with Gasteiger partial charge in [-0.3, -0.25) is 4.98 Å². The minimum Gasteiger partial charge on any atom is -0.327 e. The summed E-state index contributed by atoms with van der Waals surface area (Å²) in [5.74, 6) is 0.517. The Kier molecular flexibility index (Phi) is 1.96. The van der Waals surface area contributed by atoms with Crippen molar-refractivity contribution in [1.29, 1.82) is 0 Å². The van der Waals surface area contributed by atoms with E-state index < -0.39 is 0 Å². The van der Waals surface area contributed by atoms with Crippen LogP contribution in [0.4, 0.5) is 0 Å². The number of hydrogen-bond acceptors (Lipinski definition) is 2. The minimum atomic E-state index is 0.331. The molecule has 15 heavy (non-hydrogen) atoms. The van der Waals surface area contributed by atoms with Gasteiger partial charge in [0.25, 0.3) is 0 Å². The van der Waals surface area contributed by atoms with Gasteiger partial charge in [-0.1, -0.05) is 24.3 Å². The van der Waals surface area contributed by atoms with Gasteiger partial charge in [0.15, 0.2) is 0 Å². The summed E-state index contributed by atoms with van der Waals surface area (Å²) in [6, 6.07) is 10.8. The first-order valence-electron chi connectivity index (χ1n) is 5.45. The Labute approximate surface area is 89.1 Å². The molecule has 0 spiro atoms. The van der Waals surface area contributed by atoms with Crippen LogP contribution < -0.4 is 5.73 Å². The molecule has 0 saturated heterocycles. The minimum absolute atomic E-state index is 0.331. The Morgan fingerprint density at radius 2 is 2.00 bits per heavy atom. The van der Waals surface area contributed by atoms with Crippen LogP contribution in [0.15, 0.2) is 36.5 Å². The lowest BCUT2D eigenvalue weighted by Crippen LogP contribution is -2.37. The van der Waals surface area contributed by atoms with Gasteiger partial charge in [-0.15, -0.1) is 0 Å². The molecule has 1 heterocycles. The molecule has 0 amide bonds. The maximum Gasteiger partial charge on any atom is 0.0737 e. The molecule has 3 rings (SSSR count). The van der Waals surface area contributed by atoms with Crippen molar-refractivity contribution in [2.24, 2.45) is 5.73 Å².